The maximum Gasteiger partial charge on any atom is 0.409 e. The fraction of sp³-hybridized carbons (Fsp3) is 0.500. The first-order chi connectivity index (χ1) is 16.6. The van der Waals surface area contributed by atoms with Crippen LogP contribution in [0.2, 0.25) is 0 Å². The highest BCUT2D eigenvalue weighted by Gasteiger charge is 2.27. The fourth-order valence-corrected chi connectivity index (χ4v) is 4.98. The van der Waals surface area contributed by atoms with E-state index in [2.05, 4.69) is 6.92 Å². The van der Waals surface area contributed by atoms with Crippen LogP contribution in [-0.2, 0) is 12.8 Å². The van der Waals surface area contributed by atoms with Crippen LogP contribution in [0.3, 0.4) is 0 Å². The maximum atomic E-state index is 14.7. The standard InChI is InChI=1S/C28H31F7/c1-2-3-4-5-19-16-25(31)27(26(32)17-19)21-10-8-18(9-11-21)6-7-20-14-23(29)22(24(30)15-20)12-13-28(33,34)35/h12-18,21H,2-11H2,1H3/b13-12+. The molecule has 0 aliphatic heterocycles. The third-order valence-corrected chi connectivity index (χ3v) is 6.88. The molecule has 7 heteroatoms. The second-order valence-corrected chi connectivity index (χ2v) is 9.53. The molecule has 192 valence electrons. The van der Waals surface area contributed by atoms with Gasteiger partial charge in [0.25, 0.3) is 0 Å². The largest absolute Gasteiger partial charge is 0.409 e. The van der Waals surface area contributed by atoms with Crippen LogP contribution in [0.15, 0.2) is 30.3 Å². The van der Waals surface area contributed by atoms with Gasteiger partial charge < -0.3 is 0 Å². The summed E-state index contributed by atoms with van der Waals surface area (Å²) < 4.78 is 94.6. The van der Waals surface area contributed by atoms with Crippen molar-refractivity contribution in [2.45, 2.75) is 83.2 Å². The van der Waals surface area contributed by atoms with Crippen molar-refractivity contribution in [3.63, 3.8) is 0 Å². The Morgan fingerprint density at radius 3 is 1.86 bits per heavy atom. The third-order valence-electron chi connectivity index (χ3n) is 6.88. The minimum absolute atomic E-state index is 0.161. The Morgan fingerprint density at radius 2 is 1.31 bits per heavy atom. The number of hydrogen-bond acceptors (Lipinski definition) is 0. The normalized spacial score (nSPS) is 19.0. The Kier molecular flexibility index (Phi) is 9.42. The van der Waals surface area contributed by atoms with Crippen molar-refractivity contribution in [1.82, 2.24) is 0 Å². The summed E-state index contributed by atoms with van der Waals surface area (Å²) >= 11 is 0. The molecular formula is C28H31F7. The monoisotopic (exact) mass is 500 g/mol. The average Bonchev–Trinajstić information content (AvgIpc) is 2.77. The quantitative estimate of drug-likeness (QED) is 0.238. The molecule has 2 aromatic rings. The van der Waals surface area contributed by atoms with E-state index in [4.69, 9.17) is 0 Å². The summed E-state index contributed by atoms with van der Waals surface area (Å²) in [6.45, 7) is 2.08. The van der Waals surface area contributed by atoms with E-state index in [0.717, 1.165) is 44.2 Å². The fourth-order valence-electron chi connectivity index (χ4n) is 4.98. The second kappa shape index (κ2) is 12.1. The molecule has 0 heterocycles. The van der Waals surface area contributed by atoms with E-state index >= 15 is 0 Å². The molecule has 2 aromatic carbocycles. The Balaban J connectivity index is 1.55. The highest BCUT2D eigenvalue weighted by molar-refractivity contribution is 5.52. The van der Waals surface area contributed by atoms with Crippen LogP contribution in [0.5, 0.6) is 0 Å². The van der Waals surface area contributed by atoms with Crippen molar-refractivity contribution in [1.29, 1.82) is 0 Å². The molecule has 0 bridgehead atoms. The first-order valence-electron chi connectivity index (χ1n) is 12.3. The molecule has 35 heavy (non-hydrogen) atoms. The Morgan fingerprint density at radius 1 is 0.771 bits per heavy atom. The van der Waals surface area contributed by atoms with Gasteiger partial charge in [-0.2, -0.15) is 13.2 Å². The molecule has 0 aromatic heterocycles. The lowest BCUT2D eigenvalue weighted by Crippen LogP contribution is -2.16. The SMILES string of the molecule is CCCCCc1cc(F)c(C2CCC(CCc3cc(F)c(/C=C/C(F)(F)F)c(F)c3)CC2)c(F)c1. The molecule has 0 nitrogen and oxygen atoms in total. The molecular weight excluding hydrogens is 469 g/mol. The first kappa shape index (κ1) is 27.3. The van der Waals surface area contributed by atoms with E-state index < -0.39 is 35.0 Å². The predicted molar refractivity (Wildman–Crippen MR) is 124 cm³/mol. The van der Waals surface area contributed by atoms with Crippen LogP contribution in [0.4, 0.5) is 30.7 Å². The Hall–Kier alpha value is -2.31. The van der Waals surface area contributed by atoms with Gasteiger partial charge in [-0.05, 0) is 105 Å². The van der Waals surface area contributed by atoms with Crippen molar-refractivity contribution in [2.75, 3.05) is 0 Å². The average molecular weight is 501 g/mol. The molecule has 1 aliphatic rings. The molecule has 0 amide bonds. The van der Waals surface area contributed by atoms with Gasteiger partial charge in [0.05, 0.1) is 0 Å². The van der Waals surface area contributed by atoms with Crippen molar-refractivity contribution in [3.05, 3.63) is 75.9 Å². The summed E-state index contributed by atoms with van der Waals surface area (Å²) in [5, 5.41) is 0. The number of aryl methyl sites for hydroxylation is 2. The summed E-state index contributed by atoms with van der Waals surface area (Å²) in [5.74, 6) is -2.97. The van der Waals surface area contributed by atoms with Crippen molar-refractivity contribution in [2.24, 2.45) is 5.92 Å². The van der Waals surface area contributed by atoms with Gasteiger partial charge in [0, 0.05) is 17.2 Å². The molecule has 0 unspecified atom stereocenters. The summed E-state index contributed by atoms with van der Waals surface area (Å²) in [5.41, 5.74) is 0.508. The summed E-state index contributed by atoms with van der Waals surface area (Å²) in [6.07, 6.45) is 2.97. The number of allylic oxidation sites excluding steroid dienone is 1. The highest BCUT2D eigenvalue weighted by atomic mass is 19.4. The van der Waals surface area contributed by atoms with E-state index in [1.807, 2.05) is 0 Å². The zero-order valence-corrected chi connectivity index (χ0v) is 19.8. The number of halogens is 7. The molecule has 0 N–H and O–H groups in total. The topological polar surface area (TPSA) is 0 Å². The van der Waals surface area contributed by atoms with Gasteiger partial charge in [-0.25, -0.2) is 17.6 Å². The molecule has 0 radical (unpaired) electrons. The summed E-state index contributed by atoms with van der Waals surface area (Å²) in [4.78, 5) is 0. The smallest absolute Gasteiger partial charge is 0.207 e. The van der Waals surface area contributed by atoms with Gasteiger partial charge >= 0.3 is 6.18 Å². The van der Waals surface area contributed by atoms with Gasteiger partial charge in [0.15, 0.2) is 0 Å². The molecule has 0 saturated heterocycles. The molecule has 1 aliphatic carbocycles. The predicted octanol–water partition coefficient (Wildman–Crippen LogP) is 9.46. The lowest BCUT2D eigenvalue weighted by atomic mass is 9.76. The van der Waals surface area contributed by atoms with Crippen LogP contribution in [0, 0.1) is 29.2 Å². The molecule has 0 spiro atoms. The van der Waals surface area contributed by atoms with Crippen LogP contribution in [0.1, 0.15) is 86.5 Å². The lowest BCUT2D eigenvalue weighted by molar-refractivity contribution is -0.0790. The Bertz CT molecular complexity index is 968. The van der Waals surface area contributed by atoms with E-state index in [1.165, 1.54) is 12.1 Å². The minimum Gasteiger partial charge on any atom is -0.207 e. The van der Waals surface area contributed by atoms with Gasteiger partial charge in [-0.3, -0.25) is 0 Å². The van der Waals surface area contributed by atoms with Gasteiger partial charge in [-0.1, -0.05) is 19.8 Å². The number of rotatable bonds is 9. The van der Waals surface area contributed by atoms with Crippen molar-refractivity contribution in [3.8, 4) is 0 Å². The minimum atomic E-state index is -4.65. The van der Waals surface area contributed by atoms with E-state index in [0.29, 0.717) is 49.3 Å². The van der Waals surface area contributed by atoms with Crippen molar-refractivity contribution >= 4 is 6.08 Å². The van der Waals surface area contributed by atoms with Crippen LogP contribution >= 0.6 is 0 Å². The number of benzene rings is 2. The van der Waals surface area contributed by atoms with Crippen LogP contribution in [0.25, 0.3) is 6.08 Å². The second-order valence-electron chi connectivity index (χ2n) is 9.53. The van der Waals surface area contributed by atoms with Gasteiger partial charge in [0.1, 0.15) is 23.3 Å². The number of hydrogen-bond donors (Lipinski definition) is 0. The zero-order valence-electron chi connectivity index (χ0n) is 19.8. The van der Waals surface area contributed by atoms with E-state index in [1.54, 1.807) is 0 Å². The first-order valence-corrected chi connectivity index (χ1v) is 12.3. The lowest BCUT2D eigenvalue weighted by Gasteiger charge is -2.29. The summed E-state index contributed by atoms with van der Waals surface area (Å²) in [6, 6.07) is 5.04. The summed E-state index contributed by atoms with van der Waals surface area (Å²) in [7, 11) is 0. The van der Waals surface area contributed by atoms with Crippen LogP contribution < -0.4 is 0 Å². The number of unbranched alkanes of at least 4 members (excludes halogenated alkanes) is 2. The van der Waals surface area contributed by atoms with Gasteiger partial charge in [0.2, 0.25) is 0 Å². The molecule has 0 atom stereocenters. The number of alkyl halides is 3. The van der Waals surface area contributed by atoms with Gasteiger partial charge in [-0.15, -0.1) is 0 Å². The van der Waals surface area contributed by atoms with Crippen molar-refractivity contribution < 1.29 is 30.7 Å². The van der Waals surface area contributed by atoms with E-state index in [-0.39, 0.29) is 23.5 Å². The van der Waals surface area contributed by atoms with Crippen LogP contribution in [-0.4, -0.2) is 6.18 Å². The molecule has 3 rings (SSSR count). The Labute approximate surface area is 202 Å². The molecule has 1 fully saturated rings. The third kappa shape index (κ3) is 7.84. The zero-order chi connectivity index (χ0) is 25.6. The van der Waals surface area contributed by atoms with E-state index in [9.17, 15) is 30.7 Å². The molecule has 1 saturated carbocycles. The highest BCUT2D eigenvalue weighted by Crippen LogP contribution is 2.40. The maximum absolute atomic E-state index is 14.7.